The van der Waals surface area contributed by atoms with Crippen LogP contribution in [0, 0.1) is 11.8 Å². The Kier molecular flexibility index (Phi) is 7.32. The van der Waals surface area contributed by atoms with E-state index in [1.807, 2.05) is 18.2 Å². The second-order valence-corrected chi connectivity index (χ2v) is 5.29. The van der Waals surface area contributed by atoms with E-state index in [2.05, 4.69) is 55.6 Å². The van der Waals surface area contributed by atoms with Crippen molar-refractivity contribution >= 4 is 0 Å². The minimum atomic E-state index is -0.0944. The van der Waals surface area contributed by atoms with E-state index in [0.29, 0.717) is 6.04 Å². The first-order chi connectivity index (χ1) is 9.58. The van der Waals surface area contributed by atoms with Crippen LogP contribution in [-0.2, 0) is 6.54 Å². The highest BCUT2D eigenvalue weighted by Gasteiger charge is 2.14. The highest BCUT2D eigenvalue weighted by Crippen LogP contribution is 2.13. The first-order valence-electron chi connectivity index (χ1n) is 7.14. The predicted molar refractivity (Wildman–Crippen MR) is 84.5 cm³/mol. The maximum Gasteiger partial charge on any atom is 0.104 e. The van der Waals surface area contributed by atoms with Crippen LogP contribution < -0.4 is 0 Å². The Morgan fingerprint density at radius 1 is 1.25 bits per heavy atom. The average Bonchev–Trinajstić information content (AvgIpc) is 2.42. The maximum atomic E-state index is 8.84. The van der Waals surface area contributed by atoms with E-state index in [0.717, 1.165) is 25.2 Å². The Morgan fingerprint density at radius 2 is 1.95 bits per heavy atom. The predicted octanol–water partition coefficient (Wildman–Crippen LogP) is 1.80. The number of rotatable bonds is 6. The van der Waals surface area contributed by atoms with Gasteiger partial charge in [-0.25, -0.2) is 0 Å². The van der Waals surface area contributed by atoms with E-state index in [-0.39, 0.29) is 6.61 Å². The molecule has 3 heteroatoms. The second-order valence-electron chi connectivity index (χ2n) is 5.29. The number of nitrogens with zero attached hydrogens (tertiary/aromatic N) is 2. The van der Waals surface area contributed by atoms with Crippen molar-refractivity contribution in [3.8, 4) is 11.8 Å². The standard InChI is InChI=1S/C17H26N2O/c1-5-19(15(2)13-18(3)4)14-17-10-7-6-9-16(17)11-8-12-20/h6-7,9-10,15,20H,5,12-14H2,1-4H3. The first kappa shape index (κ1) is 16.7. The largest absolute Gasteiger partial charge is 0.384 e. The summed E-state index contributed by atoms with van der Waals surface area (Å²) in [4.78, 5) is 4.66. The zero-order chi connectivity index (χ0) is 15.0. The number of likely N-dealkylation sites (N-methyl/N-ethyl adjacent to an activating group) is 2. The number of hydrogen-bond donors (Lipinski definition) is 1. The normalized spacial score (nSPS) is 12.3. The van der Waals surface area contributed by atoms with E-state index in [4.69, 9.17) is 5.11 Å². The number of aliphatic hydroxyl groups is 1. The third kappa shape index (κ3) is 5.34. The molecule has 0 radical (unpaired) electrons. The molecule has 3 nitrogen and oxygen atoms in total. The third-order valence-electron chi connectivity index (χ3n) is 3.35. The van der Waals surface area contributed by atoms with Gasteiger partial charge in [0.1, 0.15) is 6.61 Å². The smallest absolute Gasteiger partial charge is 0.104 e. The molecule has 0 aliphatic carbocycles. The van der Waals surface area contributed by atoms with Gasteiger partial charge >= 0.3 is 0 Å². The molecular weight excluding hydrogens is 248 g/mol. The Labute approximate surface area is 123 Å². The van der Waals surface area contributed by atoms with E-state index in [1.54, 1.807) is 0 Å². The van der Waals surface area contributed by atoms with Crippen LogP contribution in [0.2, 0.25) is 0 Å². The fourth-order valence-corrected chi connectivity index (χ4v) is 2.36. The molecule has 1 rings (SSSR count). The van der Waals surface area contributed by atoms with Gasteiger partial charge in [-0.15, -0.1) is 0 Å². The highest BCUT2D eigenvalue weighted by molar-refractivity contribution is 5.41. The summed E-state index contributed by atoms with van der Waals surface area (Å²) in [6, 6.07) is 8.66. The molecule has 110 valence electrons. The van der Waals surface area contributed by atoms with Gasteiger partial charge in [-0.3, -0.25) is 4.90 Å². The van der Waals surface area contributed by atoms with E-state index in [9.17, 15) is 0 Å². The van der Waals surface area contributed by atoms with Gasteiger partial charge in [0, 0.05) is 24.7 Å². The molecule has 20 heavy (non-hydrogen) atoms. The molecule has 1 N–H and O–H groups in total. The number of benzene rings is 1. The topological polar surface area (TPSA) is 26.7 Å². The summed E-state index contributed by atoms with van der Waals surface area (Å²) >= 11 is 0. The lowest BCUT2D eigenvalue weighted by atomic mass is 10.1. The average molecular weight is 274 g/mol. The molecule has 1 unspecified atom stereocenters. The van der Waals surface area contributed by atoms with Gasteiger partial charge in [0.15, 0.2) is 0 Å². The van der Waals surface area contributed by atoms with Crippen molar-refractivity contribution in [3.05, 3.63) is 35.4 Å². The molecule has 0 amide bonds. The van der Waals surface area contributed by atoms with Gasteiger partial charge in [0.25, 0.3) is 0 Å². The van der Waals surface area contributed by atoms with Crippen LogP contribution in [0.1, 0.15) is 25.0 Å². The molecule has 1 aromatic rings. The fourth-order valence-electron chi connectivity index (χ4n) is 2.36. The Balaban J connectivity index is 2.84. The number of aliphatic hydroxyl groups excluding tert-OH is 1. The molecule has 0 bridgehead atoms. The molecule has 0 saturated heterocycles. The molecule has 0 saturated carbocycles. The summed E-state index contributed by atoms with van der Waals surface area (Å²) in [5, 5.41) is 8.84. The van der Waals surface area contributed by atoms with Crippen molar-refractivity contribution < 1.29 is 5.11 Å². The van der Waals surface area contributed by atoms with Crippen molar-refractivity contribution in [1.29, 1.82) is 0 Å². The van der Waals surface area contributed by atoms with Crippen LogP contribution in [0.5, 0.6) is 0 Å². The lowest BCUT2D eigenvalue weighted by molar-refractivity contribution is 0.174. The van der Waals surface area contributed by atoms with Crippen LogP contribution in [0.25, 0.3) is 0 Å². The molecule has 0 heterocycles. The summed E-state index contributed by atoms with van der Waals surface area (Å²) in [7, 11) is 4.20. The van der Waals surface area contributed by atoms with Crippen LogP contribution >= 0.6 is 0 Å². The summed E-state index contributed by atoms with van der Waals surface area (Å²) in [6.07, 6.45) is 0. The minimum Gasteiger partial charge on any atom is -0.384 e. The Morgan fingerprint density at radius 3 is 2.55 bits per heavy atom. The maximum absolute atomic E-state index is 8.84. The van der Waals surface area contributed by atoms with Gasteiger partial charge in [0.2, 0.25) is 0 Å². The van der Waals surface area contributed by atoms with Crippen molar-refractivity contribution in [2.75, 3.05) is 33.8 Å². The number of hydrogen-bond acceptors (Lipinski definition) is 3. The summed E-state index contributed by atoms with van der Waals surface area (Å²) < 4.78 is 0. The van der Waals surface area contributed by atoms with Crippen molar-refractivity contribution in [3.63, 3.8) is 0 Å². The quantitative estimate of drug-likeness (QED) is 0.801. The zero-order valence-corrected chi connectivity index (χ0v) is 13.1. The van der Waals surface area contributed by atoms with Gasteiger partial charge in [-0.2, -0.15) is 0 Å². The van der Waals surface area contributed by atoms with E-state index >= 15 is 0 Å². The molecule has 0 spiro atoms. The van der Waals surface area contributed by atoms with Gasteiger partial charge in [0.05, 0.1) is 0 Å². The Hall–Kier alpha value is -1.34. The Bertz CT molecular complexity index is 460. The monoisotopic (exact) mass is 274 g/mol. The molecule has 0 aliphatic rings. The van der Waals surface area contributed by atoms with Crippen LogP contribution in [0.15, 0.2) is 24.3 Å². The minimum absolute atomic E-state index is 0.0944. The van der Waals surface area contributed by atoms with E-state index < -0.39 is 0 Å². The van der Waals surface area contributed by atoms with Gasteiger partial charge in [-0.05, 0) is 39.2 Å². The summed E-state index contributed by atoms with van der Waals surface area (Å²) in [5.41, 5.74) is 2.23. The van der Waals surface area contributed by atoms with Crippen LogP contribution in [-0.4, -0.2) is 54.7 Å². The zero-order valence-electron chi connectivity index (χ0n) is 13.1. The molecule has 0 aliphatic heterocycles. The summed E-state index contributed by atoms with van der Waals surface area (Å²) in [5.74, 6) is 5.77. The lowest BCUT2D eigenvalue weighted by Crippen LogP contribution is -2.39. The van der Waals surface area contributed by atoms with Crippen molar-refractivity contribution in [1.82, 2.24) is 9.80 Å². The van der Waals surface area contributed by atoms with E-state index in [1.165, 1.54) is 5.56 Å². The fraction of sp³-hybridized carbons (Fsp3) is 0.529. The van der Waals surface area contributed by atoms with Gasteiger partial charge in [-0.1, -0.05) is 37.0 Å². The molecule has 1 aromatic carbocycles. The molecule has 1 atom stereocenters. The first-order valence-corrected chi connectivity index (χ1v) is 7.14. The lowest BCUT2D eigenvalue weighted by Gasteiger charge is -2.30. The van der Waals surface area contributed by atoms with Crippen LogP contribution in [0.4, 0.5) is 0 Å². The second kappa shape index (κ2) is 8.76. The van der Waals surface area contributed by atoms with Crippen LogP contribution in [0.3, 0.4) is 0 Å². The molecule has 0 fully saturated rings. The third-order valence-corrected chi connectivity index (χ3v) is 3.35. The molecular formula is C17H26N2O. The molecule has 0 aromatic heterocycles. The van der Waals surface area contributed by atoms with Crippen molar-refractivity contribution in [2.45, 2.75) is 26.4 Å². The highest BCUT2D eigenvalue weighted by atomic mass is 16.2. The van der Waals surface area contributed by atoms with Crippen molar-refractivity contribution in [2.24, 2.45) is 0 Å². The summed E-state index contributed by atoms with van der Waals surface area (Å²) in [6.45, 7) is 7.29. The van der Waals surface area contributed by atoms with Gasteiger partial charge < -0.3 is 10.0 Å². The SMILES string of the molecule is CCN(Cc1ccccc1C#CCO)C(C)CN(C)C.